The van der Waals surface area contributed by atoms with Crippen molar-refractivity contribution in [2.24, 2.45) is 11.8 Å². The van der Waals surface area contributed by atoms with Crippen LogP contribution in [0.5, 0.6) is 0 Å². The van der Waals surface area contributed by atoms with Crippen molar-refractivity contribution in [2.45, 2.75) is 51.7 Å². The van der Waals surface area contributed by atoms with Crippen LogP contribution < -0.4 is 11.3 Å². The largest absolute Gasteiger partial charge is 0.444 e. The SMILES string of the molecule is CC(C)(C)OC(=O)N1CCC(C(CCc2ccccc2)NN)C1. The first-order chi connectivity index (χ1) is 10.9. The fourth-order valence-electron chi connectivity index (χ4n) is 3.03. The Labute approximate surface area is 139 Å². The number of carbonyl (C=O) groups is 1. The van der Waals surface area contributed by atoms with Gasteiger partial charge in [-0.25, -0.2) is 4.79 Å². The molecule has 1 heterocycles. The molecule has 2 atom stereocenters. The minimum atomic E-state index is -0.450. The van der Waals surface area contributed by atoms with Gasteiger partial charge in [0.1, 0.15) is 5.60 Å². The monoisotopic (exact) mass is 319 g/mol. The molecule has 0 aromatic heterocycles. The Kier molecular flexibility index (Phi) is 6.02. The average Bonchev–Trinajstić information content (AvgIpc) is 2.97. The second-order valence-electron chi connectivity index (χ2n) is 7.27. The van der Waals surface area contributed by atoms with Gasteiger partial charge in [-0.05, 0) is 51.5 Å². The first-order valence-electron chi connectivity index (χ1n) is 8.37. The zero-order chi connectivity index (χ0) is 16.9. The van der Waals surface area contributed by atoms with Gasteiger partial charge in [0, 0.05) is 19.1 Å². The Morgan fingerprint density at radius 2 is 2.09 bits per heavy atom. The molecule has 1 aliphatic rings. The van der Waals surface area contributed by atoms with E-state index >= 15 is 0 Å². The third kappa shape index (κ3) is 5.52. The summed E-state index contributed by atoms with van der Waals surface area (Å²) in [4.78, 5) is 13.9. The molecule has 128 valence electrons. The fraction of sp³-hybridized carbons (Fsp3) is 0.611. The van der Waals surface area contributed by atoms with Crippen molar-refractivity contribution >= 4 is 6.09 Å². The first-order valence-corrected chi connectivity index (χ1v) is 8.37. The number of amides is 1. The summed E-state index contributed by atoms with van der Waals surface area (Å²) in [6, 6.07) is 10.6. The van der Waals surface area contributed by atoms with Gasteiger partial charge in [-0.2, -0.15) is 0 Å². The number of nitrogens with zero attached hydrogens (tertiary/aromatic N) is 1. The number of benzene rings is 1. The number of carbonyl (C=O) groups excluding carboxylic acids is 1. The fourth-order valence-corrected chi connectivity index (χ4v) is 3.03. The highest BCUT2D eigenvalue weighted by Gasteiger charge is 2.33. The van der Waals surface area contributed by atoms with Gasteiger partial charge < -0.3 is 9.64 Å². The molecule has 0 aliphatic carbocycles. The van der Waals surface area contributed by atoms with Crippen molar-refractivity contribution in [1.82, 2.24) is 10.3 Å². The molecular formula is C18H29N3O2. The van der Waals surface area contributed by atoms with Crippen molar-refractivity contribution in [1.29, 1.82) is 0 Å². The van der Waals surface area contributed by atoms with Crippen LogP contribution in [0.2, 0.25) is 0 Å². The predicted molar refractivity (Wildman–Crippen MR) is 91.8 cm³/mol. The van der Waals surface area contributed by atoms with Crippen LogP contribution in [0.3, 0.4) is 0 Å². The van der Waals surface area contributed by atoms with Crippen LogP contribution in [0.1, 0.15) is 39.2 Å². The molecule has 1 aromatic carbocycles. The van der Waals surface area contributed by atoms with Gasteiger partial charge in [0.05, 0.1) is 0 Å². The molecule has 1 amide bonds. The van der Waals surface area contributed by atoms with E-state index in [0.717, 1.165) is 25.8 Å². The summed E-state index contributed by atoms with van der Waals surface area (Å²) in [6.07, 6.45) is 2.69. The maximum Gasteiger partial charge on any atom is 0.410 e. The molecule has 5 nitrogen and oxygen atoms in total. The van der Waals surface area contributed by atoms with Crippen molar-refractivity contribution < 1.29 is 9.53 Å². The summed E-state index contributed by atoms with van der Waals surface area (Å²) >= 11 is 0. The number of hydrazine groups is 1. The molecule has 3 N–H and O–H groups in total. The van der Waals surface area contributed by atoms with Gasteiger partial charge in [0.15, 0.2) is 0 Å². The lowest BCUT2D eigenvalue weighted by Crippen LogP contribution is -2.43. The molecular weight excluding hydrogens is 290 g/mol. The van der Waals surface area contributed by atoms with Crippen LogP contribution in [0.25, 0.3) is 0 Å². The highest BCUT2D eigenvalue weighted by Crippen LogP contribution is 2.24. The zero-order valence-corrected chi connectivity index (χ0v) is 14.4. The molecule has 0 radical (unpaired) electrons. The highest BCUT2D eigenvalue weighted by molar-refractivity contribution is 5.68. The Balaban J connectivity index is 1.84. The Morgan fingerprint density at radius 1 is 1.39 bits per heavy atom. The number of hydrogen-bond donors (Lipinski definition) is 2. The second kappa shape index (κ2) is 7.79. The van der Waals surface area contributed by atoms with Gasteiger partial charge in [-0.1, -0.05) is 30.3 Å². The van der Waals surface area contributed by atoms with E-state index < -0.39 is 5.60 Å². The lowest BCUT2D eigenvalue weighted by molar-refractivity contribution is 0.0285. The first kappa shape index (κ1) is 17.8. The normalized spacial score (nSPS) is 19.7. The molecule has 1 aliphatic heterocycles. The summed E-state index contributed by atoms with van der Waals surface area (Å²) in [6.45, 7) is 7.12. The summed E-state index contributed by atoms with van der Waals surface area (Å²) in [5.74, 6) is 6.13. The van der Waals surface area contributed by atoms with Gasteiger partial charge in [-0.15, -0.1) is 0 Å². The van der Waals surface area contributed by atoms with Crippen molar-refractivity contribution in [3.63, 3.8) is 0 Å². The van der Waals surface area contributed by atoms with Crippen LogP contribution in [-0.2, 0) is 11.2 Å². The van der Waals surface area contributed by atoms with Gasteiger partial charge in [0.25, 0.3) is 0 Å². The van der Waals surface area contributed by atoms with Crippen molar-refractivity contribution in [3.8, 4) is 0 Å². The van der Waals surface area contributed by atoms with E-state index in [0.29, 0.717) is 12.5 Å². The van der Waals surface area contributed by atoms with Crippen LogP contribution in [0, 0.1) is 5.92 Å². The molecule has 0 spiro atoms. The van der Waals surface area contributed by atoms with E-state index in [9.17, 15) is 4.79 Å². The molecule has 2 unspecified atom stereocenters. The Hall–Kier alpha value is -1.59. The third-order valence-electron chi connectivity index (χ3n) is 4.25. The number of hydrogen-bond acceptors (Lipinski definition) is 4. The topological polar surface area (TPSA) is 67.6 Å². The average molecular weight is 319 g/mol. The quantitative estimate of drug-likeness (QED) is 0.647. The zero-order valence-electron chi connectivity index (χ0n) is 14.4. The number of nitrogens with one attached hydrogen (secondary N) is 1. The lowest BCUT2D eigenvalue weighted by Gasteiger charge is -2.26. The number of ether oxygens (including phenoxy) is 1. The lowest BCUT2D eigenvalue weighted by atomic mass is 9.93. The van der Waals surface area contributed by atoms with Gasteiger partial charge in [0.2, 0.25) is 0 Å². The summed E-state index contributed by atoms with van der Waals surface area (Å²) in [5.41, 5.74) is 3.81. The van der Waals surface area contributed by atoms with E-state index in [2.05, 4.69) is 29.7 Å². The molecule has 1 aromatic rings. The number of nitrogens with two attached hydrogens (primary N) is 1. The molecule has 0 saturated carbocycles. The molecule has 5 heteroatoms. The highest BCUT2D eigenvalue weighted by atomic mass is 16.6. The maximum absolute atomic E-state index is 12.1. The standard InChI is InChI=1S/C18H29N3O2/c1-18(2,3)23-17(22)21-12-11-15(13-21)16(20-19)10-9-14-7-5-4-6-8-14/h4-8,15-16,20H,9-13,19H2,1-3H3. The Morgan fingerprint density at radius 3 is 2.70 bits per heavy atom. The molecule has 1 saturated heterocycles. The Bertz CT molecular complexity index is 499. The van der Waals surface area contributed by atoms with Gasteiger partial charge in [-0.3, -0.25) is 11.3 Å². The third-order valence-corrected chi connectivity index (χ3v) is 4.25. The van der Waals surface area contributed by atoms with Crippen LogP contribution in [0.15, 0.2) is 30.3 Å². The molecule has 0 bridgehead atoms. The molecule has 23 heavy (non-hydrogen) atoms. The van der Waals surface area contributed by atoms with Crippen LogP contribution in [-0.4, -0.2) is 35.7 Å². The minimum Gasteiger partial charge on any atom is -0.444 e. The summed E-state index contributed by atoms with van der Waals surface area (Å²) in [7, 11) is 0. The smallest absolute Gasteiger partial charge is 0.410 e. The van der Waals surface area contributed by atoms with Crippen molar-refractivity contribution in [2.75, 3.05) is 13.1 Å². The van der Waals surface area contributed by atoms with E-state index in [1.807, 2.05) is 26.8 Å². The summed E-state index contributed by atoms with van der Waals surface area (Å²) in [5, 5.41) is 0. The van der Waals surface area contributed by atoms with E-state index in [1.54, 1.807) is 4.90 Å². The van der Waals surface area contributed by atoms with Gasteiger partial charge >= 0.3 is 6.09 Å². The number of rotatable bonds is 5. The molecule has 2 rings (SSSR count). The number of likely N-dealkylation sites (tertiary alicyclic amines) is 1. The van der Waals surface area contributed by atoms with Crippen molar-refractivity contribution in [3.05, 3.63) is 35.9 Å². The number of aryl methyl sites for hydroxylation is 1. The van der Waals surface area contributed by atoms with E-state index in [-0.39, 0.29) is 12.1 Å². The van der Waals surface area contributed by atoms with Crippen LogP contribution in [0.4, 0.5) is 4.79 Å². The van der Waals surface area contributed by atoms with E-state index in [4.69, 9.17) is 10.6 Å². The summed E-state index contributed by atoms with van der Waals surface area (Å²) < 4.78 is 5.45. The van der Waals surface area contributed by atoms with E-state index in [1.165, 1.54) is 5.56 Å². The minimum absolute atomic E-state index is 0.211. The predicted octanol–water partition coefficient (Wildman–Crippen LogP) is 2.71. The van der Waals surface area contributed by atoms with Crippen LogP contribution >= 0.6 is 0 Å². The second-order valence-corrected chi connectivity index (χ2v) is 7.27. The maximum atomic E-state index is 12.1. The molecule has 1 fully saturated rings.